The molecule has 2 rings (SSSR count). The van der Waals surface area contributed by atoms with Gasteiger partial charge in [0, 0.05) is 6.42 Å². The van der Waals surface area contributed by atoms with Crippen LogP contribution in [0.5, 0.6) is 0 Å². The highest BCUT2D eigenvalue weighted by molar-refractivity contribution is 5.74. The van der Waals surface area contributed by atoms with Crippen LogP contribution in [0, 0.1) is 0 Å². The summed E-state index contributed by atoms with van der Waals surface area (Å²) in [6.07, 6.45) is 1.23. The fraction of sp³-hybridized carbons (Fsp3) is 0.188. The van der Waals surface area contributed by atoms with Crippen molar-refractivity contribution < 1.29 is 4.79 Å². The van der Waals surface area contributed by atoms with Crippen molar-refractivity contribution in [2.45, 2.75) is 18.8 Å². The van der Waals surface area contributed by atoms with Crippen LogP contribution in [-0.4, -0.2) is 5.91 Å². The summed E-state index contributed by atoms with van der Waals surface area (Å²) in [5, 5.41) is 0. The Morgan fingerprint density at radius 3 is 2.06 bits per heavy atom. The van der Waals surface area contributed by atoms with E-state index in [0.717, 1.165) is 6.42 Å². The summed E-state index contributed by atoms with van der Waals surface area (Å²) in [5.74, 6) is -0.0918. The second kappa shape index (κ2) is 6.01. The fourth-order valence-electron chi connectivity index (χ4n) is 2.17. The number of hydrogen-bond acceptors (Lipinski definition) is 1. The van der Waals surface area contributed by atoms with E-state index < -0.39 is 0 Å². The van der Waals surface area contributed by atoms with Crippen molar-refractivity contribution in [3.8, 4) is 0 Å². The predicted octanol–water partition coefficient (Wildman–Crippen LogP) is 2.89. The number of primary amides is 1. The van der Waals surface area contributed by atoms with E-state index in [-0.39, 0.29) is 11.8 Å². The van der Waals surface area contributed by atoms with E-state index in [1.165, 1.54) is 11.1 Å². The van der Waals surface area contributed by atoms with Crippen LogP contribution in [0.3, 0.4) is 0 Å². The van der Waals surface area contributed by atoms with E-state index in [0.29, 0.717) is 6.42 Å². The van der Waals surface area contributed by atoms with Crippen molar-refractivity contribution in [3.63, 3.8) is 0 Å². The molecule has 0 saturated carbocycles. The van der Waals surface area contributed by atoms with Crippen molar-refractivity contribution in [1.29, 1.82) is 0 Å². The largest absolute Gasteiger partial charge is 0.370 e. The van der Waals surface area contributed by atoms with Crippen LogP contribution in [0.2, 0.25) is 0 Å². The zero-order chi connectivity index (χ0) is 12.8. The summed E-state index contributed by atoms with van der Waals surface area (Å²) >= 11 is 0. The zero-order valence-corrected chi connectivity index (χ0v) is 10.3. The minimum atomic E-state index is -0.250. The third kappa shape index (κ3) is 3.45. The second-order valence-corrected chi connectivity index (χ2v) is 4.47. The molecule has 0 bridgehead atoms. The van der Waals surface area contributed by atoms with E-state index in [1.807, 2.05) is 36.4 Å². The molecule has 2 aromatic rings. The van der Waals surface area contributed by atoms with Gasteiger partial charge in [-0.3, -0.25) is 4.79 Å². The molecule has 0 radical (unpaired) electrons. The second-order valence-electron chi connectivity index (χ2n) is 4.47. The molecule has 2 heteroatoms. The standard InChI is InChI=1S/C16H17NO/c17-16(18)12-15(14-9-5-2-6-10-14)11-13-7-3-1-4-8-13/h1-10,15H,11-12H2,(H2,17,18). The number of amides is 1. The Bertz CT molecular complexity index is 493. The van der Waals surface area contributed by atoms with Gasteiger partial charge in [-0.2, -0.15) is 0 Å². The van der Waals surface area contributed by atoms with Crippen LogP contribution < -0.4 is 5.73 Å². The lowest BCUT2D eigenvalue weighted by atomic mass is 9.89. The molecular formula is C16H17NO. The SMILES string of the molecule is NC(=O)CC(Cc1ccccc1)c1ccccc1. The topological polar surface area (TPSA) is 43.1 Å². The average Bonchev–Trinajstić information content (AvgIpc) is 2.40. The molecule has 2 aromatic carbocycles. The molecule has 0 aliphatic rings. The first kappa shape index (κ1) is 12.4. The Morgan fingerprint density at radius 2 is 1.50 bits per heavy atom. The van der Waals surface area contributed by atoms with Gasteiger partial charge in [-0.15, -0.1) is 0 Å². The molecule has 0 spiro atoms. The van der Waals surface area contributed by atoms with E-state index in [2.05, 4.69) is 24.3 Å². The lowest BCUT2D eigenvalue weighted by Gasteiger charge is -2.15. The summed E-state index contributed by atoms with van der Waals surface area (Å²) in [5.41, 5.74) is 7.74. The summed E-state index contributed by atoms with van der Waals surface area (Å²) in [6.45, 7) is 0. The van der Waals surface area contributed by atoms with Crippen LogP contribution in [0.25, 0.3) is 0 Å². The Morgan fingerprint density at radius 1 is 0.944 bits per heavy atom. The van der Waals surface area contributed by atoms with Gasteiger partial charge < -0.3 is 5.73 Å². The number of carbonyl (C=O) groups excluding carboxylic acids is 1. The molecule has 0 aliphatic carbocycles. The van der Waals surface area contributed by atoms with Crippen LogP contribution in [-0.2, 0) is 11.2 Å². The van der Waals surface area contributed by atoms with Gasteiger partial charge in [-0.05, 0) is 23.5 Å². The Labute approximate surface area is 107 Å². The van der Waals surface area contributed by atoms with E-state index >= 15 is 0 Å². The Kier molecular flexibility index (Phi) is 4.13. The highest BCUT2D eigenvalue weighted by Crippen LogP contribution is 2.23. The predicted molar refractivity (Wildman–Crippen MR) is 73.1 cm³/mol. The monoisotopic (exact) mass is 239 g/mol. The normalized spacial score (nSPS) is 12.0. The Balaban J connectivity index is 2.18. The molecule has 0 saturated heterocycles. The summed E-state index contributed by atoms with van der Waals surface area (Å²) in [6, 6.07) is 20.3. The van der Waals surface area contributed by atoms with Crippen molar-refractivity contribution in [2.75, 3.05) is 0 Å². The molecule has 0 aromatic heterocycles. The van der Waals surface area contributed by atoms with Gasteiger partial charge in [0.2, 0.25) is 5.91 Å². The van der Waals surface area contributed by atoms with Crippen LogP contribution in [0.1, 0.15) is 23.5 Å². The number of carbonyl (C=O) groups is 1. The van der Waals surface area contributed by atoms with Crippen LogP contribution >= 0.6 is 0 Å². The van der Waals surface area contributed by atoms with Gasteiger partial charge in [0.25, 0.3) is 0 Å². The minimum Gasteiger partial charge on any atom is -0.370 e. The van der Waals surface area contributed by atoms with Crippen LogP contribution in [0.4, 0.5) is 0 Å². The number of benzene rings is 2. The number of hydrogen-bond donors (Lipinski definition) is 1. The number of rotatable bonds is 5. The van der Waals surface area contributed by atoms with Gasteiger partial charge >= 0.3 is 0 Å². The molecule has 1 unspecified atom stereocenters. The first-order valence-electron chi connectivity index (χ1n) is 6.13. The summed E-state index contributed by atoms with van der Waals surface area (Å²) in [4.78, 5) is 11.2. The third-order valence-corrected chi connectivity index (χ3v) is 3.04. The van der Waals surface area contributed by atoms with Gasteiger partial charge in [0.05, 0.1) is 0 Å². The molecule has 1 atom stereocenters. The van der Waals surface area contributed by atoms with Gasteiger partial charge in [0.1, 0.15) is 0 Å². The molecular weight excluding hydrogens is 222 g/mol. The smallest absolute Gasteiger partial charge is 0.218 e. The van der Waals surface area contributed by atoms with Gasteiger partial charge in [-0.25, -0.2) is 0 Å². The zero-order valence-electron chi connectivity index (χ0n) is 10.3. The molecule has 0 aliphatic heterocycles. The third-order valence-electron chi connectivity index (χ3n) is 3.04. The minimum absolute atomic E-state index is 0.158. The molecule has 1 amide bonds. The van der Waals surface area contributed by atoms with Crippen molar-refractivity contribution >= 4 is 5.91 Å². The summed E-state index contributed by atoms with van der Waals surface area (Å²) < 4.78 is 0. The van der Waals surface area contributed by atoms with Crippen LogP contribution in [0.15, 0.2) is 60.7 Å². The first-order valence-corrected chi connectivity index (χ1v) is 6.13. The van der Waals surface area contributed by atoms with E-state index in [4.69, 9.17) is 5.73 Å². The Hall–Kier alpha value is -2.09. The highest BCUT2D eigenvalue weighted by Gasteiger charge is 2.14. The summed E-state index contributed by atoms with van der Waals surface area (Å²) in [7, 11) is 0. The average molecular weight is 239 g/mol. The maximum absolute atomic E-state index is 11.2. The van der Waals surface area contributed by atoms with Gasteiger partial charge in [0.15, 0.2) is 0 Å². The van der Waals surface area contributed by atoms with E-state index in [1.54, 1.807) is 0 Å². The van der Waals surface area contributed by atoms with Crippen molar-refractivity contribution in [2.24, 2.45) is 5.73 Å². The fourth-order valence-corrected chi connectivity index (χ4v) is 2.17. The quantitative estimate of drug-likeness (QED) is 0.856. The maximum Gasteiger partial charge on any atom is 0.218 e. The van der Waals surface area contributed by atoms with Crippen molar-refractivity contribution in [1.82, 2.24) is 0 Å². The van der Waals surface area contributed by atoms with Gasteiger partial charge in [-0.1, -0.05) is 60.7 Å². The molecule has 2 N–H and O–H groups in total. The molecule has 18 heavy (non-hydrogen) atoms. The molecule has 0 heterocycles. The van der Waals surface area contributed by atoms with E-state index in [9.17, 15) is 4.79 Å². The molecule has 0 fully saturated rings. The lowest BCUT2D eigenvalue weighted by Crippen LogP contribution is -2.16. The van der Waals surface area contributed by atoms with Crippen molar-refractivity contribution in [3.05, 3.63) is 71.8 Å². The highest BCUT2D eigenvalue weighted by atomic mass is 16.1. The molecule has 92 valence electrons. The number of nitrogens with two attached hydrogens (primary N) is 1. The lowest BCUT2D eigenvalue weighted by molar-refractivity contribution is -0.118. The maximum atomic E-state index is 11.2. The first-order chi connectivity index (χ1) is 8.75. The molecule has 2 nitrogen and oxygen atoms in total.